The van der Waals surface area contributed by atoms with E-state index in [2.05, 4.69) is 5.32 Å². The van der Waals surface area contributed by atoms with Gasteiger partial charge in [-0.3, -0.25) is 0 Å². The van der Waals surface area contributed by atoms with Crippen molar-refractivity contribution in [2.24, 2.45) is 5.73 Å². The maximum absolute atomic E-state index is 5.76. The number of hydrogen-bond acceptors (Lipinski definition) is 3. The van der Waals surface area contributed by atoms with Crippen LogP contribution in [0.1, 0.15) is 6.92 Å². The molecule has 12 heavy (non-hydrogen) atoms. The topological polar surface area (TPSA) is 47.3 Å². The normalized spacial score (nSPS) is 26.8. The van der Waals surface area contributed by atoms with Crippen LogP contribution in [0.2, 0.25) is 0 Å². The van der Waals surface area contributed by atoms with Crippen LogP contribution in [0.4, 0.5) is 5.69 Å². The van der Waals surface area contributed by atoms with Crippen molar-refractivity contribution in [1.29, 1.82) is 0 Å². The Morgan fingerprint density at radius 2 is 2.17 bits per heavy atom. The summed E-state index contributed by atoms with van der Waals surface area (Å²) in [7, 11) is 0. The number of hydrogen-bond donors (Lipinski definition) is 2. The lowest BCUT2D eigenvalue weighted by molar-refractivity contribution is 0.189. The molecule has 0 saturated heterocycles. The van der Waals surface area contributed by atoms with Crippen molar-refractivity contribution in [3.8, 4) is 5.75 Å². The summed E-state index contributed by atoms with van der Waals surface area (Å²) in [6.07, 6.45) is -0.0835. The molecule has 0 saturated carbocycles. The van der Waals surface area contributed by atoms with Gasteiger partial charge in [0.15, 0.2) is 0 Å². The van der Waals surface area contributed by atoms with E-state index in [1.165, 1.54) is 0 Å². The SMILES string of the molecule is CC1Oc2ccccc2NC1N. The summed E-state index contributed by atoms with van der Waals surface area (Å²) < 4.78 is 5.56. The van der Waals surface area contributed by atoms with Crippen LogP contribution in [0.25, 0.3) is 0 Å². The van der Waals surface area contributed by atoms with Gasteiger partial charge in [0.2, 0.25) is 0 Å². The van der Waals surface area contributed by atoms with Crippen LogP contribution in [0.3, 0.4) is 0 Å². The van der Waals surface area contributed by atoms with Crippen LogP contribution in [-0.2, 0) is 0 Å². The van der Waals surface area contributed by atoms with Gasteiger partial charge in [-0.2, -0.15) is 0 Å². The van der Waals surface area contributed by atoms with Gasteiger partial charge in [-0.15, -0.1) is 0 Å². The third-order valence-electron chi connectivity index (χ3n) is 2.03. The molecule has 3 nitrogen and oxygen atoms in total. The Balaban J connectivity index is 2.34. The van der Waals surface area contributed by atoms with Gasteiger partial charge in [0.1, 0.15) is 18.0 Å². The molecule has 0 bridgehead atoms. The second-order valence-electron chi connectivity index (χ2n) is 2.99. The standard InChI is InChI=1S/C9H12N2O/c1-6-9(10)11-7-4-2-3-5-8(7)12-6/h2-6,9,11H,10H2,1H3. The van der Waals surface area contributed by atoms with E-state index in [-0.39, 0.29) is 12.3 Å². The van der Waals surface area contributed by atoms with Crippen LogP contribution < -0.4 is 15.8 Å². The van der Waals surface area contributed by atoms with E-state index in [1.807, 2.05) is 31.2 Å². The summed E-state index contributed by atoms with van der Waals surface area (Å²) in [5.74, 6) is 0.881. The highest BCUT2D eigenvalue weighted by Gasteiger charge is 2.21. The predicted octanol–water partition coefficient (Wildman–Crippen LogP) is 1.16. The zero-order valence-electron chi connectivity index (χ0n) is 6.95. The Bertz CT molecular complexity index is 259. The summed E-state index contributed by atoms with van der Waals surface area (Å²) in [4.78, 5) is 0. The van der Waals surface area contributed by atoms with Gasteiger partial charge in [0, 0.05) is 0 Å². The molecule has 2 atom stereocenters. The third-order valence-corrected chi connectivity index (χ3v) is 2.03. The molecular weight excluding hydrogens is 152 g/mol. The number of anilines is 1. The minimum absolute atomic E-state index is 0.0277. The molecule has 0 amide bonds. The Morgan fingerprint density at radius 1 is 1.42 bits per heavy atom. The molecular formula is C9H12N2O. The number of fused-ring (bicyclic) bond motifs is 1. The maximum atomic E-state index is 5.76. The van der Waals surface area contributed by atoms with Crippen LogP contribution in [0, 0.1) is 0 Å². The molecule has 64 valence electrons. The van der Waals surface area contributed by atoms with Crippen molar-refractivity contribution in [2.75, 3.05) is 5.32 Å². The van der Waals surface area contributed by atoms with Crippen molar-refractivity contribution < 1.29 is 4.74 Å². The molecule has 0 aromatic heterocycles. The smallest absolute Gasteiger partial charge is 0.143 e. The van der Waals surface area contributed by atoms with E-state index < -0.39 is 0 Å². The number of ether oxygens (including phenoxy) is 1. The van der Waals surface area contributed by atoms with Crippen LogP contribution >= 0.6 is 0 Å². The lowest BCUT2D eigenvalue weighted by Gasteiger charge is -2.30. The molecule has 1 aliphatic rings. The van der Waals surface area contributed by atoms with E-state index in [0.717, 1.165) is 11.4 Å². The van der Waals surface area contributed by atoms with Crippen LogP contribution in [0.15, 0.2) is 24.3 Å². The third kappa shape index (κ3) is 1.12. The number of nitrogens with two attached hydrogens (primary N) is 1. The molecule has 3 heteroatoms. The Morgan fingerprint density at radius 3 is 3.00 bits per heavy atom. The zero-order chi connectivity index (χ0) is 8.55. The van der Waals surface area contributed by atoms with Gasteiger partial charge >= 0.3 is 0 Å². The van der Waals surface area contributed by atoms with E-state index in [9.17, 15) is 0 Å². The Labute approximate surface area is 71.5 Å². The first-order valence-corrected chi connectivity index (χ1v) is 4.05. The van der Waals surface area contributed by atoms with E-state index in [1.54, 1.807) is 0 Å². The summed E-state index contributed by atoms with van der Waals surface area (Å²) >= 11 is 0. The molecule has 3 N–H and O–H groups in total. The first-order chi connectivity index (χ1) is 5.77. The number of rotatable bonds is 0. The summed E-state index contributed by atoms with van der Waals surface area (Å²) in [5, 5.41) is 3.16. The van der Waals surface area contributed by atoms with Crippen LogP contribution in [-0.4, -0.2) is 12.3 Å². The molecule has 0 spiro atoms. The molecule has 0 radical (unpaired) electrons. The predicted molar refractivity (Wildman–Crippen MR) is 48.1 cm³/mol. The molecule has 1 aromatic rings. The quantitative estimate of drug-likeness (QED) is 0.605. The minimum atomic E-state index is -0.111. The molecule has 1 aliphatic heterocycles. The largest absolute Gasteiger partial charge is 0.485 e. The lowest BCUT2D eigenvalue weighted by Crippen LogP contribution is -2.45. The fourth-order valence-corrected chi connectivity index (χ4v) is 1.26. The maximum Gasteiger partial charge on any atom is 0.143 e. The second-order valence-corrected chi connectivity index (χ2v) is 2.99. The van der Waals surface area contributed by atoms with Gasteiger partial charge in [0.05, 0.1) is 5.69 Å². The van der Waals surface area contributed by atoms with Crippen molar-refractivity contribution in [2.45, 2.75) is 19.2 Å². The molecule has 2 unspecified atom stereocenters. The van der Waals surface area contributed by atoms with Gasteiger partial charge in [0.25, 0.3) is 0 Å². The lowest BCUT2D eigenvalue weighted by atomic mass is 10.2. The summed E-state index contributed by atoms with van der Waals surface area (Å²) in [5.41, 5.74) is 6.73. The molecule has 1 heterocycles. The Kier molecular flexibility index (Phi) is 1.66. The zero-order valence-corrected chi connectivity index (χ0v) is 6.95. The molecule has 0 aliphatic carbocycles. The average molecular weight is 164 g/mol. The fourth-order valence-electron chi connectivity index (χ4n) is 1.26. The Hall–Kier alpha value is -1.22. The first kappa shape index (κ1) is 7.43. The fraction of sp³-hybridized carbons (Fsp3) is 0.333. The van der Waals surface area contributed by atoms with Crippen molar-refractivity contribution in [3.05, 3.63) is 24.3 Å². The molecule has 2 rings (SSSR count). The highest BCUT2D eigenvalue weighted by molar-refractivity contribution is 5.58. The van der Waals surface area contributed by atoms with Crippen molar-refractivity contribution in [1.82, 2.24) is 0 Å². The summed E-state index contributed by atoms with van der Waals surface area (Å²) in [6, 6.07) is 7.80. The molecule has 1 aromatic carbocycles. The van der Waals surface area contributed by atoms with E-state index >= 15 is 0 Å². The number of para-hydroxylation sites is 2. The van der Waals surface area contributed by atoms with Crippen molar-refractivity contribution >= 4 is 5.69 Å². The summed E-state index contributed by atoms with van der Waals surface area (Å²) in [6.45, 7) is 1.95. The minimum Gasteiger partial charge on any atom is -0.485 e. The van der Waals surface area contributed by atoms with E-state index in [0.29, 0.717) is 0 Å². The van der Waals surface area contributed by atoms with Gasteiger partial charge < -0.3 is 15.8 Å². The highest BCUT2D eigenvalue weighted by atomic mass is 16.5. The number of nitrogens with one attached hydrogen (secondary N) is 1. The highest BCUT2D eigenvalue weighted by Crippen LogP contribution is 2.29. The van der Waals surface area contributed by atoms with Gasteiger partial charge in [-0.25, -0.2) is 0 Å². The average Bonchev–Trinajstić information content (AvgIpc) is 2.07. The van der Waals surface area contributed by atoms with Crippen LogP contribution in [0.5, 0.6) is 5.75 Å². The van der Waals surface area contributed by atoms with Gasteiger partial charge in [-0.1, -0.05) is 12.1 Å². The van der Waals surface area contributed by atoms with Gasteiger partial charge in [-0.05, 0) is 19.1 Å². The van der Waals surface area contributed by atoms with Crippen molar-refractivity contribution in [3.63, 3.8) is 0 Å². The number of benzene rings is 1. The van der Waals surface area contributed by atoms with E-state index in [4.69, 9.17) is 10.5 Å². The molecule has 0 fully saturated rings. The second kappa shape index (κ2) is 2.68. The first-order valence-electron chi connectivity index (χ1n) is 4.05. The monoisotopic (exact) mass is 164 g/mol.